The van der Waals surface area contributed by atoms with Crippen LogP contribution in [0.25, 0.3) is 0 Å². The number of alkyl halides is 3. The number of nitrogens with zero attached hydrogens (tertiary/aromatic N) is 3. The third-order valence-corrected chi connectivity index (χ3v) is 6.28. The highest BCUT2D eigenvalue weighted by Gasteiger charge is 2.37. The van der Waals surface area contributed by atoms with Crippen molar-refractivity contribution in [2.24, 2.45) is 7.05 Å². The van der Waals surface area contributed by atoms with Crippen LogP contribution in [0.5, 0.6) is 0 Å². The van der Waals surface area contributed by atoms with E-state index in [4.69, 9.17) is 24.6 Å². The molecule has 0 saturated carbocycles. The van der Waals surface area contributed by atoms with Gasteiger partial charge in [-0.05, 0) is 29.7 Å². The number of fused-ring (bicyclic) bond motifs is 1. The van der Waals surface area contributed by atoms with Crippen LogP contribution in [0.15, 0.2) is 36.9 Å². The maximum absolute atomic E-state index is 12.5. The summed E-state index contributed by atoms with van der Waals surface area (Å²) in [7, 11) is -7.81. The average Bonchev–Trinajstić information content (AvgIpc) is 3.00. The maximum Gasteiger partial charge on any atom is 0.485 e. The average molecular weight is 462 g/mol. The van der Waals surface area contributed by atoms with Crippen LogP contribution < -0.4 is 4.57 Å². The zero-order valence-corrected chi connectivity index (χ0v) is 16.7. The van der Waals surface area contributed by atoms with E-state index < -0.39 is 25.8 Å². The number of hydrogen-bond acceptors (Lipinski definition) is 5. The quantitative estimate of drug-likeness (QED) is 0.379. The summed E-state index contributed by atoms with van der Waals surface area (Å²) in [6.45, 7) is 0.846. The molecule has 156 valence electrons. The van der Waals surface area contributed by atoms with Gasteiger partial charge >= 0.3 is 15.7 Å². The highest BCUT2D eigenvalue weighted by Crippen LogP contribution is 2.24. The van der Waals surface area contributed by atoms with Gasteiger partial charge in [0.2, 0.25) is 0 Å². The predicted molar refractivity (Wildman–Crippen MR) is 91.2 cm³/mol. The Balaban J connectivity index is 0.000000300. The fraction of sp³-hybridized carbons (Fsp3) is 0.357. The van der Waals surface area contributed by atoms with Crippen molar-refractivity contribution in [3.8, 4) is 0 Å². The van der Waals surface area contributed by atoms with E-state index in [-0.39, 0.29) is 0 Å². The molecule has 8 nitrogen and oxygen atoms in total. The highest BCUT2D eigenvalue weighted by molar-refractivity contribution is 7.87. The van der Waals surface area contributed by atoms with Crippen molar-refractivity contribution in [3.63, 3.8) is 0 Å². The molecule has 0 bridgehead atoms. The van der Waals surface area contributed by atoms with Gasteiger partial charge in [-0.2, -0.15) is 25.9 Å². The van der Waals surface area contributed by atoms with Crippen LogP contribution >= 0.6 is 11.6 Å². The minimum atomic E-state index is -6.09. The first-order chi connectivity index (χ1) is 12.7. The summed E-state index contributed by atoms with van der Waals surface area (Å²) in [4.78, 5) is 0. The van der Waals surface area contributed by atoms with Crippen LogP contribution in [0.2, 0.25) is 5.02 Å². The number of imidazole rings is 1. The van der Waals surface area contributed by atoms with Crippen molar-refractivity contribution >= 4 is 31.9 Å². The van der Waals surface area contributed by atoms with Gasteiger partial charge in [0.05, 0.1) is 7.05 Å². The smallest absolute Gasteiger partial charge is 0.485 e. The van der Waals surface area contributed by atoms with Crippen LogP contribution in [0.1, 0.15) is 11.1 Å². The molecular formula is C14H15ClF3N3O5S2. The van der Waals surface area contributed by atoms with Crippen molar-refractivity contribution in [1.29, 1.82) is 0 Å². The van der Waals surface area contributed by atoms with Gasteiger partial charge in [-0.25, -0.2) is 13.0 Å². The first kappa shape index (κ1) is 22.6. The second-order valence-corrected chi connectivity index (χ2v) is 9.45. The Morgan fingerprint density at radius 3 is 2.29 bits per heavy atom. The van der Waals surface area contributed by atoms with Crippen LogP contribution in [0, 0.1) is 0 Å². The van der Waals surface area contributed by atoms with Gasteiger partial charge in [-0.1, -0.05) is 17.7 Å². The molecule has 0 aliphatic carbocycles. The molecule has 1 aliphatic heterocycles. The zero-order valence-electron chi connectivity index (χ0n) is 14.3. The Labute approximate surface area is 164 Å². The topological polar surface area (TPSA) is 103 Å². The lowest BCUT2D eigenvalue weighted by Crippen LogP contribution is -2.39. The van der Waals surface area contributed by atoms with E-state index in [2.05, 4.69) is 0 Å². The SMILES string of the molecule is C[n+]1ccn(S(=O)(=O)N2CCc3ccc(Cl)cc3C2)c1.O=S(=O)([O-])C(F)(F)F. The molecule has 1 aromatic carbocycles. The van der Waals surface area contributed by atoms with E-state index in [1.807, 2.05) is 18.2 Å². The molecular weight excluding hydrogens is 447 g/mol. The van der Waals surface area contributed by atoms with Crippen molar-refractivity contribution < 1.29 is 39.1 Å². The van der Waals surface area contributed by atoms with Crippen LogP contribution in [0.4, 0.5) is 13.2 Å². The monoisotopic (exact) mass is 461 g/mol. The molecule has 2 heterocycles. The van der Waals surface area contributed by atoms with Crippen LogP contribution in [-0.2, 0) is 40.3 Å². The number of benzene rings is 1. The summed E-state index contributed by atoms with van der Waals surface area (Å²) in [5.41, 5.74) is -3.50. The molecule has 0 unspecified atom stereocenters. The molecule has 0 spiro atoms. The van der Waals surface area contributed by atoms with E-state index in [0.29, 0.717) is 24.5 Å². The summed E-state index contributed by atoms with van der Waals surface area (Å²) < 4.78 is 88.4. The predicted octanol–water partition coefficient (Wildman–Crippen LogP) is 1.17. The van der Waals surface area contributed by atoms with Gasteiger partial charge in [-0.15, -0.1) is 3.97 Å². The third kappa shape index (κ3) is 5.23. The molecule has 2 aromatic rings. The molecule has 0 saturated heterocycles. The molecule has 14 heteroatoms. The van der Waals surface area contributed by atoms with Crippen LogP contribution in [0.3, 0.4) is 0 Å². The molecule has 0 fully saturated rings. The normalized spacial score (nSPS) is 15.5. The van der Waals surface area contributed by atoms with Crippen molar-refractivity contribution in [2.45, 2.75) is 18.5 Å². The van der Waals surface area contributed by atoms with Crippen molar-refractivity contribution in [3.05, 3.63) is 53.1 Å². The Bertz CT molecular complexity index is 1070. The first-order valence-corrected chi connectivity index (χ1v) is 10.7. The molecule has 28 heavy (non-hydrogen) atoms. The van der Waals surface area contributed by atoms with E-state index in [1.54, 1.807) is 30.3 Å². The summed E-state index contributed by atoms with van der Waals surface area (Å²) in [6, 6.07) is 5.65. The molecule has 3 rings (SSSR count). The van der Waals surface area contributed by atoms with Crippen molar-refractivity contribution in [2.75, 3.05) is 6.54 Å². The van der Waals surface area contributed by atoms with Crippen molar-refractivity contribution in [1.82, 2.24) is 8.28 Å². The lowest BCUT2D eigenvalue weighted by atomic mass is 10.0. The molecule has 1 aromatic heterocycles. The largest absolute Gasteiger partial charge is 0.741 e. The summed E-state index contributed by atoms with van der Waals surface area (Å²) in [5, 5.41) is 0.635. The second-order valence-electron chi connectivity index (χ2n) is 5.81. The standard InChI is InChI=1S/C13H15ClN3O2S.CHF3O3S/c1-15-6-7-17(10-15)20(18,19)16-5-4-11-2-3-13(14)8-12(11)9-16;2-1(3,4)8(5,6)7/h2-3,6-8,10H,4-5,9H2,1H3;(H,5,6,7)/q+1;/p-1. The minimum Gasteiger partial charge on any atom is -0.741 e. The van der Waals surface area contributed by atoms with Gasteiger partial charge in [0, 0.05) is 18.1 Å². The van der Waals surface area contributed by atoms with Gasteiger partial charge in [0.15, 0.2) is 10.1 Å². The van der Waals surface area contributed by atoms with Crippen LogP contribution in [-0.4, -0.2) is 41.7 Å². The lowest BCUT2D eigenvalue weighted by molar-refractivity contribution is -0.670. The summed E-state index contributed by atoms with van der Waals surface area (Å²) in [5.74, 6) is 0. The van der Waals surface area contributed by atoms with Gasteiger partial charge in [-0.3, -0.25) is 0 Å². The Kier molecular flexibility index (Phi) is 6.45. The van der Waals surface area contributed by atoms with E-state index in [0.717, 1.165) is 5.56 Å². The second kappa shape index (κ2) is 7.99. The number of aryl methyl sites for hydroxylation is 1. The summed E-state index contributed by atoms with van der Waals surface area (Å²) >= 11 is 5.98. The van der Waals surface area contributed by atoms with E-state index in [1.165, 1.54) is 13.8 Å². The number of rotatable bonds is 2. The number of hydrogen-bond donors (Lipinski definition) is 0. The molecule has 0 radical (unpaired) electrons. The fourth-order valence-electron chi connectivity index (χ4n) is 2.39. The molecule has 1 aliphatic rings. The number of aromatic nitrogens is 2. The first-order valence-electron chi connectivity index (χ1n) is 7.55. The fourth-order valence-corrected chi connectivity index (χ4v) is 3.96. The third-order valence-electron chi connectivity index (χ3n) is 3.77. The van der Waals surface area contributed by atoms with Gasteiger partial charge < -0.3 is 4.55 Å². The lowest BCUT2D eigenvalue weighted by Gasteiger charge is -2.26. The minimum absolute atomic E-state index is 0.361. The van der Waals surface area contributed by atoms with Gasteiger partial charge in [0.25, 0.3) is 6.33 Å². The zero-order chi connectivity index (χ0) is 21.3. The number of halogens is 4. The highest BCUT2D eigenvalue weighted by atomic mass is 35.5. The summed E-state index contributed by atoms with van der Waals surface area (Å²) in [6.07, 6.45) is 5.50. The molecule has 0 atom stereocenters. The van der Waals surface area contributed by atoms with E-state index >= 15 is 0 Å². The van der Waals surface area contributed by atoms with Gasteiger partial charge in [0.1, 0.15) is 12.4 Å². The molecule has 0 N–H and O–H groups in total. The Hall–Kier alpha value is -1.67. The molecule has 0 amide bonds. The van der Waals surface area contributed by atoms with E-state index in [9.17, 15) is 21.6 Å². The Morgan fingerprint density at radius 1 is 1.18 bits per heavy atom. The maximum atomic E-state index is 12.5. The Morgan fingerprint density at radius 2 is 1.79 bits per heavy atom.